The molecule has 1 fully saturated rings. The third-order valence-electron chi connectivity index (χ3n) is 3.81. The second-order valence-corrected chi connectivity index (χ2v) is 5.24. The molecule has 0 saturated carbocycles. The van der Waals surface area contributed by atoms with Crippen LogP contribution in [0.5, 0.6) is 0 Å². The van der Waals surface area contributed by atoms with Gasteiger partial charge in [-0.05, 0) is 31.9 Å². The molecule has 2 aromatic rings. The fraction of sp³-hybridized carbons (Fsp3) is 0.462. The lowest BCUT2D eigenvalue weighted by molar-refractivity contribution is -0.384. The van der Waals surface area contributed by atoms with Gasteiger partial charge in [0, 0.05) is 24.7 Å². The smallest absolute Gasteiger partial charge is 0.298 e. The molecule has 106 valence electrons. The average molecular weight is 276 g/mol. The van der Waals surface area contributed by atoms with Crippen molar-refractivity contribution in [3.63, 3.8) is 0 Å². The number of rotatable bonds is 3. The van der Waals surface area contributed by atoms with Gasteiger partial charge in [-0.1, -0.05) is 0 Å². The molecule has 3 rings (SSSR count). The Morgan fingerprint density at radius 1 is 1.60 bits per heavy atom. The highest BCUT2D eigenvalue weighted by molar-refractivity contribution is 5.77. The van der Waals surface area contributed by atoms with Gasteiger partial charge in [-0.25, -0.2) is 0 Å². The van der Waals surface area contributed by atoms with E-state index in [1.54, 1.807) is 6.07 Å². The van der Waals surface area contributed by atoms with Crippen LogP contribution in [0.15, 0.2) is 22.6 Å². The zero-order valence-corrected chi connectivity index (χ0v) is 11.2. The molecule has 0 aliphatic carbocycles. The number of benzene rings is 1. The van der Waals surface area contributed by atoms with Crippen LogP contribution in [0.3, 0.4) is 0 Å². The summed E-state index contributed by atoms with van der Waals surface area (Å²) in [6, 6.07) is 5.28. The lowest BCUT2D eigenvalue weighted by atomic mass is 10.1. The molecule has 1 aliphatic heterocycles. The minimum atomic E-state index is -0.434. The molecule has 2 N–H and O–H groups in total. The van der Waals surface area contributed by atoms with Crippen molar-refractivity contribution >= 4 is 22.8 Å². The summed E-state index contributed by atoms with van der Waals surface area (Å²) in [5.41, 5.74) is 6.81. The lowest BCUT2D eigenvalue weighted by Gasteiger charge is -2.18. The van der Waals surface area contributed by atoms with Gasteiger partial charge in [-0.15, -0.1) is 0 Å². The molecule has 1 saturated heterocycles. The lowest BCUT2D eigenvalue weighted by Crippen LogP contribution is -2.27. The van der Waals surface area contributed by atoms with Crippen LogP contribution in [-0.4, -0.2) is 29.0 Å². The number of oxazole rings is 1. The standard InChI is InChI=1S/C13H16N4O3/c1-8-4-9(6-14)7-16(8)13-15-11-5-10(17(18)19)2-3-12(11)20-13/h2-3,5,8-9H,4,6-7,14H2,1H3. The average Bonchev–Trinajstić information content (AvgIpc) is 3.00. The van der Waals surface area contributed by atoms with Gasteiger partial charge < -0.3 is 15.1 Å². The van der Waals surface area contributed by atoms with E-state index in [9.17, 15) is 10.1 Å². The molecule has 1 aromatic heterocycles. The molecule has 0 spiro atoms. The number of fused-ring (bicyclic) bond motifs is 1. The second kappa shape index (κ2) is 4.75. The second-order valence-electron chi connectivity index (χ2n) is 5.24. The predicted octanol–water partition coefficient (Wildman–Crippen LogP) is 1.91. The number of nitrogens with two attached hydrogens (primary N) is 1. The number of anilines is 1. The summed E-state index contributed by atoms with van der Waals surface area (Å²) in [5, 5.41) is 10.8. The van der Waals surface area contributed by atoms with Crippen LogP contribution >= 0.6 is 0 Å². The van der Waals surface area contributed by atoms with E-state index in [0.717, 1.165) is 13.0 Å². The van der Waals surface area contributed by atoms with Gasteiger partial charge in [0.1, 0.15) is 5.52 Å². The van der Waals surface area contributed by atoms with Gasteiger partial charge in [-0.3, -0.25) is 10.1 Å². The van der Waals surface area contributed by atoms with Crippen molar-refractivity contribution < 1.29 is 9.34 Å². The molecule has 2 unspecified atom stereocenters. The number of hydrogen-bond acceptors (Lipinski definition) is 6. The van der Waals surface area contributed by atoms with E-state index in [4.69, 9.17) is 10.2 Å². The van der Waals surface area contributed by atoms with Crippen LogP contribution in [0.2, 0.25) is 0 Å². The summed E-state index contributed by atoms with van der Waals surface area (Å²) in [6.45, 7) is 3.56. The minimum absolute atomic E-state index is 0.0201. The van der Waals surface area contributed by atoms with Crippen molar-refractivity contribution in [2.75, 3.05) is 18.0 Å². The van der Waals surface area contributed by atoms with E-state index in [-0.39, 0.29) is 5.69 Å². The van der Waals surface area contributed by atoms with Gasteiger partial charge in [-0.2, -0.15) is 4.98 Å². The third kappa shape index (κ3) is 2.09. The van der Waals surface area contributed by atoms with Crippen molar-refractivity contribution in [3.05, 3.63) is 28.3 Å². The first-order chi connectivity index (χ1) is 9.58. The molecule has 0 radical (unpaired) electrons. The van der Waals surface area contributed by atoms with Crippen LogP contribution < -0.4 is 10.6 Å². The number of aromatic nitrogens is 1. The summed E-state index contributed by atoms with van der Waals surface area (Å²) < 4.78 is 5.70. The maximum absolute atomic E-state index is 10.8. The zero-order chi connectivity index (χ0) is 14.3. The Hall–Kier alpha value is -2.15. The molecule has 20 heavy (non-hydrogen) atoms. The maximum atomic E-state index is 10.8. The molecular weight excluding hydrogens is 260 g/mol. The highest BCUT2D eigenvalue weighted by Crippen LogP contribution is 2.31. The monoisotopic (exact) mass is 276 g/mol. The predicted molar refractivity (Wildman–Crippen MR) is 74.6 cm³/mol. The quantitative estimate of drug-likeness (QED) is 0.679. The minimum Gasteiger partial charge on any atom is -0.423 e. The normalized spacial score (nSPS) is 22.6. The molecular formula is C13H16N4O3. The van der Waals surface area contributed by atoms with Gasteiger partial charge in [0.2, 0.25) is 0 Å². The van der Waals surface area contributed by atoms with Gasteiger partial charge in [0.15, 0.2) is 5.58 Å². The molecule has 7 nitrogen and oxygen atoms in total. The SMILES string of the molecule is CC1CC(CN)CN1c1nc2cc([N+](=O)[O-])ccc2o1. The Bertz CT molecular complexity index is 654. The number of nitrogens with zero attached hydrogens (tertiary/aromatic N) is 3. The Morgan fingerprint density at radius 2 is 2.40 bits per heavy atom. The van der Waals surface area contributed by atoms with Crippen LogP contribution in [0, 0.1) is 16.0 Å². The van der Waals surface area contributed by atoms with E-state index in [0.29, 0.717) is 35.6 Å². The Labute approximate surface area is 115 Å². The third-order valence-corrected chi connectivity index (χ3v) is 3.81. The van der Waals surface area contributed by atoms with Crippen molar-refractivity contribution in [2.45, 2.75) is 19.4 Å². The molecule has 0 amide bonds. The summed E-state index contributed by atoms with van der Waals surface area (Å²) in [4.78, 5) is 16.8. The van der Waals surface area contributed by atoms with Gasteiger partial charge in [0.05, 0.1) is 4.92 Å². The van der Waals surface area contributed by atoms with Crippen molar-refractivity contribution in [3.8, 4) is 0 Å². The Morgan fingerprint density at radius 3 is 3.05 bits per heavy atom. The van der Waals surface area contributed by atoms with Crippen molar-refractivity contribution in [2.24, 2.45) is 11.7 Å². The first kappa shape index (κ1) is 12.9. The van der Waals surface area contributed by atoms with Crippen LogP contribution in [0.1, 0.15) is 13.3 Å². The maximum Gasteiger partial charge on any atom is 0.298 e. The number of hydrogen-bond donors (Lipinski definition) is 1. The van der Waals surface area contributed by atoms with Crippen molar-refractivity contribution in [1.29, 1.82) is 0 Å². The molecule has 2 heterocycles. The van der Waals surface area contributed by atoms with Gasteiger partial charge >= 0.3 is 0 Å². The number of nitro benzene ring substituents is 1. The number of non-ortho nitro benzene ring substituents is 1. The summed E-state index contributed by atoms with van der Waals surface area (Å²) in [7, 11) is 0. The highest BCUT2D eigenvalue weighted by Gasteiger charge is 2.31. The fourth-order valence-corrected chi connectivity index (χ4v) is 2.72. The first-order valence-corrected chi connectivity index (χ1v) is 6.60. The van der Waals surface area contributed by atoms with Gasteiger partial charge in [0.25, 0.3) is 11.7 Å². The summed E-state index contributed by atoms with van der Waals surface area (Å²) in [5.74, 6) is 0.439. The Balaban J connectivity index is 1.95. The van der Waals surface area contributed by atoms with Crippen LogP contribution in [-0.2, 0) is 0 Å². The topological polar surface area (TPSA) is 98.4 Å². The molecule has 2 atom stereocenters. The van der Waals surface area contributed by atoms with Crippen molar-refractivity contribution in [1.82, 2.24) is 4.98 Å². The molecule has 7 heteroatoms. The fourth-order valence-electron chi connectivity index (χ4n) is 2.72. The van der Waals surface area contributed by atoms with E-state index in [1.165, 1.54) is 12.1 Å². The molecule has 1 aromatic carbocycles. The molecule has 0 bridgehead atoms. The van der Waals surface area contributed by atoms with E-state index < -0.39 is 4.92 Å². The molecule has 1 aliphatic rings. The summed E-state index contributed by atoms with van der Waals surface area (Å²) in [6.07, 6.45) is 1.01. The highest BCUT2D eigenvalue weighted by atomic mass is 16.6. The largest absolute Gasteiger partial charge is 0.423 e. The van der Waals surface area contributed by atoms with E-state index in [1.807, 2.05) is 0 Å². The zero-order valence-electron chi connectivity index (χ0n) is 11.2. The Kier molecular flexibility index (Phi) is 3.06. The van der Waals surface area contributed by atoms with E-state index >= 15 is 0 Å². The first-order valence-electron chi connectivity index (χ1n) is 6.60. The number of nitro groups is 1. The summed E-state index contributed by atoms with van der Waals surface area (Å²) >= 11 is 0. The van der Waals surface area contributed by atoms with Crippen LogP contribution in [0.4, 0.5) is 11.7 Å². The van der Waals surface area contributed by atoms with Crippen LogP contribution in [0.25, 0.3) is 11.1 Å². The van der Waals surface area contributed by atoms with E-state index in [2.05, 4.69) is 16.8 Å².